The van der Waals surface area contributed by atoms with Gasteiger partial charge in [-0.2, -0.15) is 0 Å². The van der Waals surface area contributed by atoms with Crippen LogP contribution in [0.2, 0.25) is 0 Å². The average Bonchev–Trinajstić information content (AvgIpc) is 2.89. The van der Waals surface area contributed by atoms with E-state index in [0.717, 1.165) is 52.0 Å². The molecule has 0 aromatic heterocycles. The number of aliphatic carboxylic acids is 1. The van der Waals surface area contributed by atoms with Crippen molar-refractivity contribution in [2.24, 2.45) is 0 Å². The van der Waals surface area contributed by atoms with Crippen molar-refractivity contribution < 1.29 is 14.7 Å². The summed E-state index contributed by atoms with van der Waals surface area (Å²) < 4.78 is 0. The second-order valence-electron chi connectivity index (χ2n) is 7.82. The minimum Gasteiger partial charge on any atom is -0.480 e. The number of benzene rings is 1. The summed E-state index contributed by atoms with van der Waals surface area (Å²) in [6.45, 7) is 7.27. The Labute approximate surface area is 161 Å². The Morgan fingerprint density at radius 1 is 1.00 bits per heavy atom. The number of rotatable bonds is 5. The highest BCUT2D eigenvalue weighted by molar-refractivity contribution is 5.80. The van der Waals surface area contributed by atoms with Crippen molar-refractivity contribution in [2.75, 3.05) is 39.3 Å². The van der Waals surface area contributed by atoms with Crippen LogP contribution in [-0.4, -0.2) is 77.0 Å². The quantitative estimate of drug-likeness (QED) is 0.855. The molecule has 1 aromatic rings. The van der Waals surface area contributed by atoms with Crippen molar-refractivity contribution in [3.8, 4) is 0 Å². The largest absolute Gasteiger partial charge is 0.480 e. The Balaban J connectivity index is 1.51. The SMILES string of the molecule is Cc1ccc(CN2CCCN(C(=O)CN3CCCCC3C(=O)O)CC2)cc1. The first-order valence-corrected chi connectivity index (χ1v) is 10.1. The monoisotopic (exact) mass is 373 g/mol. The molecule has 0 spiro atoms. The molecular formula is C21H31N3O3. The highest BCUT2D eigenvalue weighted by Crippen LogP contribution is 2.18. The van der Waals surface area contributed by atoms with Crippen molar-refractivity contribution in [3.63, 3.8) is 0 Å². The first-order chi connectivity index (χ1) is 13.0. The number of hydrogen-bond donors (Lipinski definition) is 1. The molecule has 2 fully saturated rings. The van der Waals surface area contributed by atoms with E-state index < -0.39 is 12.0 Å². The van der Waals surface area contributed by atoms with Crippen LogP contribution < -0.4 is 0 Å². The minimum atomic E-state index is -0.803. The summed E-state index contributed by atoms with van der Waals surface area (Å²) in [5, 5.41) is 9.40. The Morgan fingerprint density at radius 2 is 1.78 bits per heavy atom. The Bertz CT molecular complexity index is 647. The van der Waals surface area contributed by atoms with Gasteiger partial charge < -0.3 is 10.0 Å². The van der Waals surface area contributed by atoms with E-state index in [1.54, 1.807) is 0 Å². The molecule has 1 aromatic carbocycles. The second kappa shape index (κ2) is 9.33. The van der Waals surface area contributed by atoms with Gasteiger partial charge in [-0.15, -0.1) is 0 Å². The molecule has 0 radical (unpaired) electrons. The first-order valence-electron chi connectivity index (χ1n) is 10.1. The van der Waals surface area contributed by atoms with Gasteiger partial charge in [0.15, 0.2) is 0 Å². The van der Waals surface area contributed by atoms with E-state index in [1.165, 1.54) is 11.1 Å². The standard InChI is InChI=1S/C21H31N3O3/c1-17-6-8-18(9-7-17)15-22-10-4-12-23(14-13-22)20(25)16-24-11-3-2-5-19(24)21(26)27/h6-9,19H,2-5,10-16H2,1H3,(H,26,27). The van der Waals surface area contributed by atoms with Gasteiger partial charge in [-0.1, -0.05) is 36.2 Å². The third-order valence-corrected chi connectivity index (χ3v) is 5.71. The molecule has 1 atom stereocenters. The van der Waals surface area contributed by atoms with Gasteiger partial charge in [0.05, 0.1) is 6.54 Å². The number of likely N-dealkylation sites (tertiary alicyclic amines) is 1. The molecule has 27 heavy (non-hydrogen) atoms. The molecular weight excluding hydrogens is 342 g/mol. The summed E-state index contributed by atoms with van der Waals surface area (Å²) in [5.41, 5.74) is 2.57. The van der Waals surface area contributed by atoms with Crippen molar-refractivity contribution in [2.45, 2.75) is 45.2 Å². The maximum absolute atomic E-state index is 12.8. The van der Waals surface area contributed by atoms with E-state index >= 15 is 0 Å². The molecule has 6 heteroatoms. The smallest absolute Gasteiger partial charge is 0.320 e. The lowest BCUT2D eigenvalue weighted by Crippen LogP contribution is -2.50. The van der Waals surface area contributed by atoms with Gasteiger partial charge in [0.1, 0.15) is 6.04 Å². The third kappa shape index (κ3) is 5.53. The molecule has 0 aliphatic carbocycles. The lowest BCUT2D eigenvalue weighted by Gasteiger charge is -2.33. The summed E-state index contributed by atoms with van der Waals surface area (Å²) in [5.74, 6) is -0.733. The molecule has 148 valence electrons. The highest BCUT2D eigenvalue weighted by Gasteiger charge is 2.31. The molecule has 0 bridgehead atoms. The highest BCUT2D eigenvalue weighted by atomic mass is 16.4. The van der Waals surface area contributed by atoms with Crippen LogP contribution in [0.25, 0.3) is 0 Å². The van der Waals surface area contributed by atoms with Crippen molar-refractivity contribution in [1.29, 1.82) is 0 Å². The molecule has 1 N–H and O–H groups in total. The van der Waals surface area contributed by atoms with E-state index in [0.29, 0.717) is 13.0 Å². The van der Waals surface area contributed by atoms with Crippen molar-refractivity contribution in [3.05, 3.63) is 35.4 Å². The fourth-order valence-electron chi connectivity index (χ4n) is 4.06. The third-order valence-electron chi connectivity index (χ3n) is 5.71. The van der Waals surface area contributed by atoms with Gasteiger partial charge in [-0.3, -0.25) is 19.4 Å². The first kappa shape index (κ1) is 19.8. The lowest BCUT2D eigenvalue weighted by molar-refractivity contribution is -0.146. The number of hydrogen-bond acceptors (Lipinski definition) is 4. The van der Waals surface area contributed by atoms with Gasteiger partial charge >= 0.3 is 5.97 Å². The molecule has 2 saturated heterocycles. The van der Waals surface area contributed by atoms with Gasteiger partial charge in [0.2, 0.25) is 5.91 Å². The zero-order valence-corrected chi connectivity index (χ0v) is 16.3. The zero-order chi connectivity index (χ0) is 19.2. The van der Waals surface area contributed by atoms with Crippen LogP contribution >= 0.6 is 0 Å². The van der Waals surface area contributed by atoms with Crippen molar-refractivity contribution >= 4 is 11.9 Å². The summed E-state index contributed by atoms with van der Waals surface area (Å²) in [4.78, 5) is 30.4. The molecule has 1 amide bonds. The predicted octanol–water partition coefficient (Wildman–Crippen LogP) is 1.97. The van der Waals surface area contributed by atoms with Gasteiger partial charge in [0, 0.05) is 32.7 Å². The minimum absolute atomic E-state index is 0.0698. The number of piperidine rings is 1. The maximum atomic E-state index is 12.8. The second-order valence-corrected chi connectivity index (χ2v) is 7.82. The summed E-state index contributed by atoms with van der Waals surface area (Å²) in [7, 11) is 0. The lowest BCUT2D eigenvalue weighted by atomic mass is 10.0. The van der Waals surface area contributed by atoms with Gasteiger partial charge in [0.25, 0.3) is 0 Å². The van der Waals surface area contributed by atoms with Crippen molar-refractivity contribution in [1.82, 2.24) is 14.7 Å². The van der Waals surface area contributed by atoms with E-state index in [1.807, 2.05) is 9.80 Å². The van der Waals surface area contributed by atoms with Crippen LogP contribution in [0.3, 0.4) is 0 Å². The molecule has 2 aliphatic rings. The fraction of sp³-hybridized carbons (Fsp3) is 0.619. The molecule has 0 saturated carbocycles. The molecule has 1 unspecified atom stereocenters. The summed E-state index contributed by atoms with van der Waals surface area (Å²) in [6.07, 6.45) is 3.51. The van der Waals surface area contributed by atoms with Gasteiger partial charge in [-0.05, 0) is 38.3 Å². The number of carbonyl (C=O) groups is 2. The van der Waals surface area contributed by atoms with E-state index in [-0.39, 0.29) is 12.5 Å². The van der Waals surface area contributed by atoms with E-state index in [9.17, 15) is 14.7 Å². The number of carboxylic acids is 1. The van der Waals surface area contributed by atoms with Crippen LogP contribution in [0.5, 0.6) is 0 Å². The molecule has 2 aliphatic heterocycles. The topological polar surface area (TPSA) is 64.1 Å². The maximum Gasteiger partial charge on any atom is 0.320 e. The summed E-state index contributed by atoms with van der Waals surface area (Å²) >= 11 is 0. The Hall–Kier alpha value is -1.92. The number of amides is 1. The fourth-order valence-corrected chi connectivity index (χ4v) is 4.06. The number of carboxylic acid groups (broad SMARTS) is 1. The number of nitrogens with zero attached hydrogens (tertiary/aromatic N) is 3. The molecule has 6 nitrogen and oxygen atoms in total. The molecule has 2 heterocycles. The zero-order valence-electron chi connectivity index (χ0n) is 16.3. The number of carbonyl (C=O) groups excluding carboxylic acids is 1. The van der Waals surface area contributed by atoms with Gasteiger partial charge in [-0.25, -0.2) is 0 Å². The predicted molar refractivity (Wildman–Crippen MR) is 105 cm³/mol. The van der Waals surface area contributed by atoms with Crippen LogP contribution in [0.15, 0.2) is 24.3 Å². The van der Waals surface area contributed by atoms with Crippen LogP contribution in [0.1, 0.15) is 36.8 Å². The van der Waals surface area contributed by atoms with Crippen LogP contribution in [-0.2, 0) is 16.1 Å². The number of aryl methyl sites for hydroxylation is 1. The van der Waals surface area contributed by atoms with Crippen LogP contribution in [0.4, 0.5) is 0 Å². The summed E-state index contributed by atoms with van der Waals surface area (Å²) in [6, 6.07) is 8.12. The van der Waals surface area contributed by atoms with E-state index in [2.05, 4.69) is 36.1 Å². The Morgan fingerprint density at radius 3 is 2.52 bits per heavy atom. The average molecular weight is 373 g/mol. The van der Waals surface area contributed by atoms with E-state index in [4.69, 9.17) is 0 Å². The normalized spacial score (nSPS) is 22.4. The Kier molecular flexibility index (Phi) is 6.85. The van der Waals surface area contributed by atoms with Crippen LogP contribution in [0, 0.1) is 6.92 Å². The molecule has 3 rings (SSSR count).